The fourth-order valence-corrected chi connectivity index (χ4v) is 4.20. The third kappa shape index (κ3) is 5.12. The molecule has 0 aromatic carbocycles. The van der Waals surface area contributed by atoms with E-state index in [0.717, 1.165) is 63.0 Å². The standard InChI is InChI=1S/C21H31N7O/c1-15(2)20-17(5-4-14-29-20)25-18-7-11-22-21(26-18)28-12-8-16(9-13-28)24-19-6-3-10-23-27-19/h3,6-7,10-11,15-17,20H,4-5,8-9,12-14H2,1-2H3,(H,24,27)(H,22,25,26). The van der Waals surface area contributed by atoms with Gasteiger partial charge in [0, 0.05) is 38.1 Å². The van der Waals surface area contributed by atoms with Gasteiger partial charge < -0.3 is 20.3 Å². The Balaban J connectivity index is 1.34. The first kappa shape index (κ1) is 19.8. The zero-order valence-electron chi connectivity index (χ0n) is 17.3. The normalized spacial score (nSPS) is 23.2. The van der Waals surface area contributed by atoms with Crippen molar-refractivity contribution >= 4 is 17.6 Å². The fraction of sp³-hybridized carbons (Fsp3) is 0.619. The van der Waals surface area contributed by atoms with Crippen molar-refractivity contribution in [1.82, 2.24) is 20.2 Å². The average molecular weight is 398 g/mol. The molecule has 4 heterocycles. The summed E-state index contributed by atoms with van der Waals surface area (Å²) in [7, 11) is 0. The number of rotatable bonds is 6. The molecule has 0 aliphatic carbocycles. The number of nitrogens with one attached hydrogen (secondary N) is 2. The van der Waals surface area contributed by atoms with Crippen molar-refractivity contribution in [1.29, 1.82) is 0 Å². The third-order valence-electron chi connectivity index (χ3n) is 5.70. The van der Waals surface area contributed by atoms with Crippen LogP contribution in [-0.4, -0.2) is 58.0 Å². The molecule has 8 heteroatoms. The topological polar surface area (TPSA) is 88.1 Å². The number of piperidine rings is 1. The second-order valence-corrected chi connectivity index (χ2v) is 8.23. The van der Waals surface area contributed by atoms with Gasteiger partial charge >= 0.3 is 0 Å². The smallest absolute Gasteiger partial charge is 0.227 e. The zero-order chi connectivity index (χ0) is 20.1. The van der Waals surface area contributed by atoms with E-state index in [9.17, 15) is 0 Å². The predicted octanol–water partition coefficient (Wildman–Crippen LogP) is 2.96. The molecule has 2 fully saturated rings. The first-order valence-electron chi connectivity index (χ1n) is 10.7. The van der Waals surface area contributed by atoms with Crippen molar-refractivity contribution in [2.24, 2.45) is 5.92 Å². The molecule has 0 saturated carbocycles. The van der Waals surface area contributed by atoms with Crippen molar-refractivity contribution in [3.8, 4) is 0 Å². The number of anilines is 3. The van der Waals surface area contributed by atoms with Gasteiger partial charge in [-0.1, -0.05) is 13.8 Å². The average Bonchev–Trinajstić information content (AvgIpc) is 2.75. The van der Waals surface area contributed by atoms with Gasteiger partial charge in [-0.2, -0.15) is 10.1 Å². The highest BCUT2D eigenvalue weighted by atomic mass is 16.5. The van der Waals surface area contributed by atoms with Gasteiger partial charge in [-0.3, -0.25) is 0 Å². The van der Waals surface area contributed by atoms with E-state index in [2.05, 4.69) is 44.6 Å². The van der Waals surface area contributed by atoms with Gasteiger partial charge in [-0.25, -0.2) is 4.98 Å². The Morgan fingerprint density at radius 1 is 1.07 bits per heavy atom. The number of hydrogen-bond donors (Lipinski definition) is 2. The predicted molar refractivity (Wildman–Crippen MR) is 114 cm³/mol. The van der Waals surface area contributed by atoms with Gasteiger partial charge in [0.25, 0.3) is 0 Å². The highest BCUT2D eigenvalue weighted by Crippen LogP contribution is 2.25. The number of nitrogens with zero attached hydrogens (tertiary/aromatic N) is 5. The summed E-state index contributed by atoms with van der Waals surface area (Å²) < 4.78 is 6.00. The van der Waals surface area contributed by atoms with E-state index in [1.54, 1.807) is 6.20 Å². The molecule has 2 saturated heterocycles. The Kier molecular flexibility index (Phi) is 6.39. The van der Waals surface area contributed by atoms with Gasteiger partial charge in [0.05, 0.1) is 12.1 Å². The summed E-state index contributed by atoms with van der Waals surface area (Å²) in [5.41, 5.74) is 0. The minimum atomic E-state index is 0.227. The minimum Gasteiger partial charge on any atom is -0.376 e. The summed E-state index contributed by atoms with van der Waals surface area (Å²) >= 11 is 0. The molecule has 8 nitrogen and oxygen atoms in total. The number of aromatic nitrogens is 4. The highest BCUT2D eigenvalue weighted by molar-refractivity contribution is 5.43. The molecule has 2 aromatic rings. The van der Waals surface area contributed by atoms with Gasteiger partial charge in [-0.15, -0.1) is 5.10 Å². The first-order valence-corrected chi connectivity index (χ1v) is 10.7. The largest absolute Gasteiger partial charge is 0.376 e. The van der Waals surface area contributed by atoms with E-state index in [1.807, 2.05) is 24.4 Å². The lowest BCUT2D eigenvalue weighted by atomic mass is 9.94. The van der Waals surface area contributed by atoms with Crippen molar-refractivity contribution in [2.75, 3.05) is 35.2 Å². The molecule has 0 amide bonds. The molecule has 4 rings (SSSR count). The molecule has 156 valence electrons. The molecule has 0 bridgehead atoms. The van der Waals surface area contributed by atoms with E-state index in [4.69, 9.17) is 9.72 Å². The maximum atomic E-state index is 6.00. The minimum absolute atomic E-state index is 0.227. The van der Waals surface area contributed by atoms with Gasteiger partial charge in [-0.05, 0) is 49.8 Å². The van der Waals surface area contributed by atoms with Crippen LogP contribution in [-0.2, 0) is 4.74 Å². The van der Waals surface area contributed by atoms with Crippen LogP contribution in [0.15, 0.2) is 30.6 Å². The van der Waals surface area contributed by atoms with Crippen LogP contribution < -0.4 is 15.5 Å². The van der Waals surface area contributed by atoms with Crippen LogP contribution in [0, 0.1) is 5.92 Å². The van der Waals surface area contributed by atoms with Gasteiger partial charge in [0.1, 0.15) is 11.6 Å². The van der Waals surface area contributed by atoms with Crippen LogP contribution in [0.5, 0.6) is 0 Å². The summed E-state index contributed by atoms with van der Waals surface area (Å²) in [6.45, 7) is 7.13. The van der Waals surface area contributed by atoms with Crippen LogP contribution in [0.4, 0.5) is 17.6 Å². The van der Waals surface area contributed by atoms with E-state index >= 15 is 0 Å². The Bertz CT molecular complexity index is 765. The van der Waals surface area contributed by atoms with Crippen LogP contribution in [0.25, 0.3) is 0 Å². The SMILES string of the molecule is CC(C)C1OCCCC1Nc1ccnc(N2CCC(Nc3cccnn3)CC2)n1. The van der Waals surface area contributed by atoms with Crippen LogP contribution >= 0.6 is 0 Å². The van der Waals surface area contributed by atoms with E-state index in [0.29, 0.717) is 18.0 Å². The second-order valence-electron chi connectivity index (χ2n) is 8.23. The van der Waals surface area contributed by atoms with Crippen LogP contribution in [0.2, 0.25) is 0 Å². The first-order chi connectivity index (χ1) is 14.2. The third-order valence-corrected chi connectivity index (χ3v) is 5.70. The Labute approximate surface area is 172 Å². The Morgan fingerprint density at radius 3 is 2.69 bits per heavy atom. The molecule has 2 N–H and O–H groups in total. The van der Waals surface area contributed by atoms with Crippen molar-refractivity contribution in [2.45, 2.75) is 57.7 Å². The van der Waals surface area contributed by atoms with Gasteiger partial charge in [0.15, 0.2) is 0 Å². The second kappa shape index (κ2) is 9.35. The Hall–Kier alpha value is -2.48. The molecule has 2 aliphatic rings. The summed E-state index contributed by atoms with van der Waals surface area (Å²) in [5.74, 6) is 3.00. The van der Waals surface area contributed by atoms with Crippen LogP contribution in [0.3, 0.4) is 0 Å². The lowest BCUT2D eigenvalue weighted by Gasteiger charge is -2.35. The van der Waals surface area contributed by atoms with E-state index in [1.165, 1.54) is 0 Å². The lowest BCUT2D eigenvalue weighted by molar-refractivity contribution is -0.0203. The number of ether oxygens (including phenoxy) is 1. The molecule has 29 heavy (non-hydrogen) atoms. The van der Waals surface area contributed by atoms with Crippen LogP contribution in [0.1, 0.15) is 39.5 Å². The Morgan fingerprint density at radius 2 is 1.93 bits per heavy atom. The van der Waals surface area contributed by atoms with Crippen molar-refractivity contribution < 1.29 is 4.74 Å². The highest BCUT2D eigenvalue weighted by Gasteiger charge is 2.29. The summed E-state index contributed by atoms with van der Waals surface area (Å²) in [6, 6.07) is 6.51. The molecular formula is C21H31N7O. The van der Waals surface area contributed by atoms with E-state index < -0.39 is 0 Å². The molecule has 2 unspecified atom stereocenters. The molecular weight excluding hydrogens is 366 g/mol. The molecule has 2 aromatic heterocycles. The molecule has 0 radical (unpaired) electrons. The summed E-state index contributed by atoms with van der Waals surface area (Å²) in [6.07, 6.45) is 8.00. The summed E-state index contributed by atoms with van der Waals surface area (Å²) in [4.78, 5) is 11.6. The quantitative estimate of drug-likeness (QED) is 0.769. The van der Waals surface area contributed by atoms with Crippen molar-refractivity contribution in [3.05, 3.63) is 30.6 Å². The lowest BCUT2D eigenvalue weighted by Crippen LogP contribution is -2.43. The monoisotopic (exact) mass is 397 g/mol. The molecule has 0 spiro atoms. The molecule has 2 aliphatic heterocycles. The fourth-order valence-electron chi connectivity index (χ4n) is 4.20. The van der Waals surface area contributed by atoms with Gasteiger partial charge in [0.2, 0.25) is 5.95 Å². The summed E-state index contributed by atoms with van der Waals surface area (Å²) in [5, 5.41) is 15.1. The van der Waals surface area contributed by atoms with E-state index in [-0.39, 0.29) is 6.10 Å². The number of hydrogen-bond acceptors (Lipinski definition) is 8. The maximum absolute atomic E-state index is 6.00. The molecule has 2 atom stereocenters. The van der Waals surface area contributed by atoms with Crippen molar-refractivity contribution in [3.63, 3.8) is 0 Å². The zero-order valence-corrected chi connectivity index (χ0v) is 17.3. The maximum Gasteiger partial charge on any atom is 0.227 e.